The van der Waals surface area contributed by atoms with Gasteiger partial charge in [0.25, 0.3) is 5.91 Å². The third-order valence-corrected chi connectivity index (χ3v) is 4.31. The molecule has 0 N–H and O–H groups in total. The smallest absolute Gasteiger partial charge is 0.256 e. The number of rotatable bonds is 3. The van der Waals surface area contributed by atoms with Gasteiger partial charge in [0, 0.05) is 24.7 Å². The maximum atomic E-state index is 12.6. The average Bonchev–Trinajstić information content (AvgIpc) is 3.00. The van der Waals surface area contributed by atoms with Gasteiger partial charge in [0.2, 0.25) is 0 Å². The summed E-state index contributed by atoms with van der Waals surface area (Å²) >= 11 is 5.80. The number of fused-ring (bicyclic) bond motifs is 1. The zero-order valence-electron chi connectivity index (χ0n) is 11.6. The molecule has 4 heteroatoms. The van der Waals surface area contributed by atoms with Gasteiger partial charge in [-0.25, -0.2) is 0 Å². The Bertz CT molecular complexity index is 497. The average molecular weight is 294 g/mol. The number of aryl methyl sites for hydroxylation is 2. The fourth-order valence-electron chi connectivity index (χ4n) is 3.09. The molecule has 1 aromatic carbocycles. The molecule has 0 aliphatic carbocycles. The van der Waals surface area contributed by atoms with E-state index in [9.17, 15) is 4.79 Å². The Kier molecular flexibility index (Phi) is 4.27. The minimum Gasteiger partial charge on any atom is -0.368 e. The molecular formula is C16H20ClNO2. The summed E-state index contributed by atoms with van der Waals surface area (Å²) in [6, 6.07) is 6.36. The van der Waals surface area contributed by atoms with E-state index in [2.05, 4.69) is 18.2 Å². The van der Waals surface area contributed by atoms with Crippen LogP contribution in [-0.4, -0.2) is 31.0 Å². The molecule has 20 heavy (non-hydrogen) atoms. The number of hydrogen-bond donors (Lipinski definition) is 0. The van der Waals surface area contributed by atoms with Crippen LogP contribution in [0.25, 0.3) is 0 Å². The third-order valence-electron chi connectivity index (χ3n) is 4.12. The first-order valence-electron chi connectivity index (χ1n) is 7.40. The second kappa shape index (κ2) is 6.15. The lowest BCUT2D eigenvalue weighted by atomic mass is 9.97. The van der Waals surface area contributed by atoms with E-state index in [0.29, 0.717) is 12.5 Å². The van der Waals surface area contributed by atoms with Crippen molar-refractivity contribution >= 4 is 23.2 Å². The van der Waals surface area contributed by atoms with Crippen LogP contribution in [0.1, 0.15) is 30.4 Å². The normalized spacial score (nSPS) is 21.9. The van der Waals surface area contributed by atoms with Gasteiger partial charge in [-0.1, -0.05) is 12.1 Å². The van der Waals surface area contributed by atoms with Crippen LogP contribution in [0, 0.1) is 0 Å². The molecule has 2 heterocycles. The van der Waals surface area contributed by atoms with Gasteiger partial charge in [0.05, 0.1) is 0 Å². The minimum absolute atomic E-state index is 0.133. The van der Waals surface area contributed by atoms with Crippen LogP contribution >= 0.6 is 11.6 Å². The lowest BCUT2D eigenvalue weighted by molar-refractivity contribution is -0.127. The van der Waals surface area contributed by atoms with Crippen molar-refractivity contribution in [2.45, 2.75) is 38.2 Å². The summed E-state index contributed by atoms with van der Waals surface area (Å²) in [7, 11) is 0. The predicted molar refractivity (Wildman–Crippen MR) is 80.5 cm³/mol. The van der Waals surface area contributed by atoms with Gasteiger partial charge in [-0.2, -0.15) is 0 Å². The van der Waals surface area contributed by atoms with Gasteiger partial charge < -0.3 is 9.64 Å². The Balaban J connectivity index is 1.83. The quantitative estimate of drug-likeness (QED) is 0.802. The molecule has 0 spiro atoms. The molecule has 3 nitrogen and oxygen atoms in total. The van der Waals surface area contributed by atoms with Gasteiger partial charge in [-0.15, -0.1) is 11.6 Å². The van der Waals surface area contributed by atoms with E-state index in [4.69, 9.17) is 16.3 Å². The molecule has 0 radical (unpaired) electrons. The van der Waals surface area contributed by atoms with Gasteiger partial charge in [0.15, 0.2) is 0 Å². The zero-order chi connectivity index (χ0) is 13.9. The maximum absolute atomic E-state index is 12.6. The highest BCUT2D eigenvalue weighted by atomic mass is 35.5. The summed E-state index contributed by atoms with van der Waals surface area (Å²) in [5, 5.41) is 0. The Hall–Kier alpha value is -1.06. The molecule has 1 amide bonds. The molecule has 1 saturated heterocycles. The summed E-state index contributed by atoms with van der Waals surface area (Å²) in [6.07, 6.45) is 4.56. The van der Waals surface area contributed by atoms with Crippen molar-refractivity contribution in [3.8, 4) is 0 Å². The first-order valence-corrected chi connectivity index (χ1v) is 7.94. The molecule has 1 fully saturated rings. The van der Waals surface area contributed by atoms with E-state index < -0.39 is 0 Å². The molecule has 2 aliphatic rings. The first-order chi connectivity index (χ1) is 9.79. The van der Waals surface area contributed by atoms with E-state index in [0.717, 1.165) is 44.3 Å². The minimum atomic E-state index is -0.233. The number of carbonyl (C=O) groups is 1. The third kappa shape index (κ3) is 2.70. The summed E-state index contributed by atoms with van der Waals surface area (Å²) in [5.41, 5.74) is 3.59. The topological polar surface area (TPSA) is 29.5 Å². The highest BCUT2D eigenvalue weighted by Gasteiger charge is 2.31. The van der Waals surface area contributed by atoms with Gasteiger partial charge in [-0.05, 0) is 49.3 Å². The first kappa shape index (κ1) is 13.9. The highest BCUT2D eigenvalue weighted by molar-refractivity contribution is 6.18. The molecule has 3 rings (SSSR count). The molecule has 108 valence electrons. The molecule has 1 unspecified atom stereocenters. The standard InChI is InChI=1S/C16H20ClNO2/c17-8-7-12-5-6-14-13(11-12)3-1-9-18(14)16(19)15-4-2-10-20-15/h5-6,11,15H,1-4,7-10H2. The van der Waals surface area contributed by atoms with E-state index in [-0.39, 0.29) is 12.0 Å². The Morgan fingerprint density at radius 2 is 2.30 bits per heavy atom. The number of ether oxygens (including phenoxy) is 1. The predicted octanol–water partition coefficient (Wildman–Crippen LogP) is 2.93. The number of amides is 1. The summed E-state index contributed by atoms with van der Waals surface area (Å²) in [5.74, 6) is 0.769. The zero-order valence-corrected chi connectivity index (χ0v) is 12.4. The van der Waals surface area contributed by atoms with Crippen molar-refractivity contribution in [1.82, 2.24) is 0 Å². The van der Waals surface area contributed by atoms with Crippen molar-refractivity contribution in [3.05, 3.63) is 29.3 Å². The van der Waals surface area contributed by atoms with E-state index >= 15 is 0 Å². The van der Waals surface area contributed by atoms with Crippen molar-refractivity contribution in [1.29, 1.82) is 0 Å². The second-order valence-electron chi connectivity index (χ2n) is 5.50. The lowest BCUT2D eigenvalue weighted by Gasteiger charge is -2.31. The van der Waals surface area contributed by atoms with Crippen LogP contribution in [0.2, 0.25) is 0 Å². The Morgan fingerprint density at radius 1 is 1.40 bits per heavy atom. The largest absolute Gasteiger partial charge is 0.368 e. The molecular weight excluding hydrogens is 274 g/mol. The van der Waals surface area contributed by atoms with Crippen molar-refractivity contribution in [2.24, 2.45) is 0 Å². The Labute approximate surface area is 124 Å². The molecule has 0 saturated carbocycles. The fraction of sp³-hybridized carbons (Fsp3) is 0.562. The molecule has 1 aromatic rings. The van der Waals surface area contributed by atoms with Crippen LogP contribution in [0.3, 0.4) is 0 Å². The van der Waals surface area contributed by atoms with Crippen molar-refractivity contribution in [2.75, 3.05) is 23.9 Å². The summed E-state index contributed by atoms with van der Waals surface area (Å²) in [6.45, 7) is 1.52. The number of halogens is 1. The Morgan fingerprint density at radius 3 is 3.05 bits per heavy atom. The molecule has 2 aliphatic heterocycles. The molecule has 0 aromatic heterocycles. The molecule has 0 bridgehead atoms. The van der Waals surface area contributed by atoms with Gasteiger partial charge in [-0.3, -0.25) is 4.79 Å². The number of alkyl halides is 1. The van der Waals surface area contributed by atoms with E-state index in [1.54, 1.807) is 0 Å². The number of anilines is 1. The summed E-state index contributed by atoms with van der Waals surface area (Å²) in [4.78, 5) is 14.5. The van der Waals surface area contributed by atoms with Crippen molar-refractivity contribution in [3.63, 3.8) is 0 Å². The van der Waals surface area contributed by atoms with E-state index in [1.165, 1.54) is 11.1 Å². The van der Waals surface area contributed by atoms with Crippen molar-refractivity contribution < 1.29 is 9.53 Å². The number of nitrogens with zero attached hydrogens (tertiary/aromatic N) is 1. The SMILES string of the molecule is O=C(C1CCCO1)N1CCCc2cc(CCCl)ccc21. The monoisotopic (exact) mass is 293 g/mol. The lowest BCUT2D eigenvalue weighted by Crippen LogP contribution is -2.42. The molecule has 1 atom stereocenters. The maximum Gasteiger partial charge on any atom is 0.256 e. The second-order valence-corrected chi connectivity index (χ2v) is 5.88. The van der Waals surface area contributed by atoms with Crippen LogP contribution in [0.15, 0.2) is 18.2 Å². The van der Waals surface area contributed by atoms with Gasteiger partial charge >= 0.3 is 0 Å². The number of benzene rings is 1. The van der Waals surface area contributed by atoms with Crippen LogP contribution in [0.4, 0.5) is 5.69 Å². The van der Waals surface area contributed by atoms with E-state index in [1.807, 2.05) is 4.90 Å². The van der Waals surface area contributed by atoms with Crippen LogP contribution in [-0.2, 0) is 22.4 Å². The number of carbonyl (C=O) groups excluding carboxylic acids is 1. The van der Waals surface area contributed by atoms with Gasteiger partial charge in [0.1, 0.15) is 6.10 Å². The highest BCUT2D eigenvalue weighted by Crippen LogP contribution is 2.30. The fourth-order valence-corrected chi connectivity index (χ4v) is 3.31. The summed E-state index contributed by atoms with van der Waals surface area (Å²) < 4.78 is 5.54. The van der Waals surface area contributed by atoms with Crippen LogP contribution < -0.4 is 4.90 Å². The number of hydrogen-bond acceptors (Lipinski definition) is 2. The van der Waals surface area contributed by atoms with Crippen LogP contribution in [0.5, 0.6) is 0 Å².